The summed E-state index contributed by atoms with van der Waals surface area (Å²) in [6.45, 7) is 17.1. The molecule has 1 fully saturated rings. The molecule has 2 aromatic rings. The molecule has 1 saturated heterocycles. The lowest BCUT2D eigenvalue weighted by Gasteiger charge is -2.50. The summed E-state index contributed by atoms with van der Waals surface area (Å²) in [6, 6.07) is 1.68. The van der Waals surface area contributed by atoms with Crippen molar-refractivity contribution >= 4 is 17.6 Å². The topological polar surface area (TPSA) is 53.0 Å². The molecular weight excluding hydrogens is 460 g/mol. The number of nitrogens with zero attached hydrogens (tertiary/aromatic N) is 2. The highest BCUT2D eigenvalue weighted by molar-refractivity contribution is 6.31. The standard InChI is InChI=1S/C29H41ClN2O3/c1-17-9-11-26(23(7)22(17)6)28(25-10-12-27(30)18(2)13-25)32-19(3)14-31(15-20(32)4)21(5)16-35-24(8)29(33)34/h9-13,19-21,24,28H,14-16H2,1-8H3,(H,33,34)/i9D,10D,12D,13D/hD. The van der Waals surface area contributed by atoms with Crippen LogP contribution in [0.3, 0.4) is 0 Å². The largest absolute Gasteiger partial charge is 0.479 e. The van der Waals surface area contributed by atoms with Crippen molar-refractivity contribution in [3.63, 3.8) is 0 Å². The van der Waals surface area contributed by atoms with E-state index in [0.29, 0.717) is 36.9 Å². The number of halogens is 1. The first-order chi connectivity index (χ1) is 18.6. The SMILES string of the molecule is [2H]OC(=O)C(C)OCC(C)N1CC(C)N(C(c2cc([2H])c(C)c(C)c2C)c2c([2H])c([2H])c(Cl)c(C)c2[2H])C(C)C1. The summed E-state index contributed by atoms with van der Waals surface area (Å²) < 4.78 is 47.7. The number of aliphatic carboxylic acids is 1. The van der Waals surface area contributed by atoms with Crippen molar-refractivity contribution in [3.8, 4) is 0 Å². The van der Waals surface area contributed by atoms with Crippen LogP contribution in [0.4, 0.5) is 0 Å². The lowest BCUT2D eigenvalue weighted by Crippen LogP contribution is -2.60. The van der Waals surface area contributed by atoms with Crippen LogP contribution in [-0.2, 0) is 9.53 Å². The minimum absolute atomic E-state index is 0.00854. The molecule has 1 aliphatic rings. The molecule has 0 spiro atoms. The summed E-state index contributed by atoms with van der Waals surface area (Å²) in [5, 5.41) is 4.15. The highest BCUT2D eigenvalue weighted by atomic mass is 35.5. The quantitative estimate of drug-likeness (QED) is 0.481. The fourth-order valence-electron chi connectivity index (χ4n) is 4.99. The van der Waals surface area contributed by atoms with Crippen LogP contribution in [0.25, 0.3) is 1.43 Å². The van der Waals surface area contributed by atoms with Gasteiger partial charge in [0.15, 0.2) is 6.10 Å². The van der Waals surface area contributed by atoms with Crippen LogP contribution in [-0.4, -0.2) is 64.8 Å². The molecule has 0 aromatic heterocycles. The molecule has 5 atom stereocenters. The number of hydrogen-bond donors (Lipinski definition) is 1. The summed E-state index contributed by atoms with van der Waals surface area (Å²) in [5.41, 5.74) is 4.68. The zero-order valence-electron chi connectivity index (χ0n) is 27.1. The van der Waals surface area contributed by atoms with Gasteiger partial charge in [0, 0.05) is 36.2 Å². The van der Waals surface area contributed by atoms with Gasteiger partial charge in [-0.2, -0.15) is 0 Å². The van der Waals surface area contributed by atoms with E-state index in [4.69, 9.17) is 23.3 Å². The summed E-state index contributed by atoms with van der Waals surface area (Å²) in [6.07, 6.45) is -0.828. The number of benzene rings is 2. The Bertz CT molecular complexity index is 1240. The van der Waals surface area contributed by atoms with Crippen molar-refractivity contribution in [2.45, 2.75) is 85.7 Å². The molecule has 0 saturated carbocycles. The Labute approximate surface area is 223 Å². The van der Waals surface area contributed by atoms with Gasteiger partial charge < -0.3 is 9.85 Å². The Morgan fingerprint density at radius 1 is 1.14 bits per heavy atom. The van der Waals surface area contributed by atoms with Crippen LogP contribution in [0, 0.1) is 27.7 Å². The monoisotopic (exact) mass is 505 g/mol. The zero-order chi connectivity index (χ0) is 30.2. The molecule has 2 aromatic carbocycles. The molecule has 0 bridgehead atoms. The number of ether oxygens (including phenoxy) is 1. The second kappa shape index (κ2) is 11.4. The maximum absolute atomic E-state index is 11.6. The van der Waals surface area contributed by atoms with Crippen molar-refractivity contribution in [1.29, 1.82) is 1.43 Å². The number of carboxylic acid groups (broad SMARTS) is 1. The number of carboxylic acids is 1. The molecular formula is C29H41ClN2O3. The summed E-state index contributed by atoms with van der Waals surface area (Å²) >= 11 is 6.36. The minimum Gasteiger partial charge on any atom is -0.479 e. The predicted molar refractivity (Wildman–Crippen MR) is 144 cm³/mol. The van der Waals surface area contributed by atoms with E-state index in [1.54, 1.807) is 13.8 Å². The average Bonchev–Trinajstić information content (AvgIpc) is 2.92. The van der Waals surface area contributed by atoms with E-state index < -0.39 is 18.1 Å². The van der Waals surface area contributed by atoms with Gasteiger partial charge in [-0.15, -0.1) is 0 Å². The van der Waals surface area contributed by atoms with E-state index in [9.17, 15) is 4.79 Å². The maximum Gasteiger partial charge on any atom is 0.332 e. The lowest BCUT2D eigenvalue weighted by atomic mass is 9.87. The van der Waals surface area contributed by atoms with Gasteiger partial charge in [-0.3, -0.25) is 9.80 Å². The van der Waals surface area contributed by atoms with Crippen molar-refractivity contribution in [3.05, 3.63) is 68.6 Å². The fourth-order valence-corrected chi connectivity index (χ4v) is 5.09. The molecule has 0 amide bonds. The second-order valence-electron chi connectivity index (χ2n) is 9.99. The smallest absolute Gasteiger partial charge is 0.332 e. The van der Waals surface area contributed by atoms with Gasteiger partial charge in [0.2, 0.25) is 0 Å². The molecule has 3 rings (SSSR count). The number of piperazine rings is 1. The average molecular weight is 506 g/mol. The molecule has 0 aliphatic carbocycles. The highest BCUT2D eigenvalue weighted by Gasteiger charge is 2.38. The van der Waals surface area contributed by atoms with Crippen LogP contribution in [0.1, 0.15) is 72.6 Å². The van der Waals surface area contributed by atoms with Gasteiger partial charge in [-0.05, 0) is 94.8 Å². The van der Waals surface area contributed by atoms with Gasteiger partial charge in [0.1, 0.15) is 0 Å². The van der Waals surface area contributed by atoms with Gasteiger partial charge in [0.25, 0.3) is 1.43 Å². The summed E-state index contributed by atoms with van der Waals surface area (Å²) in [4.78, 5) is 16.2. The van der Waals surface area contributed by atoms with Gasteiger partial charge in [-0.1, -0.05) is 35.8 Å². The van der Waals surface area contributed by atoms with Crippen molar-refractivity contribution in [2.24, 2.45) is 0 Å². The molecule has 192 valence electrons. The van der Waals surface area contributed by atoms with E-state index in [0.717, 1.165) is 22.3 Å². The van der Waals surface area contributed by atoms with E-state index in [1.807, 2.05) is 33.8 Å². The predicted octanol–water partition coefficient (Wildman–Crippen LogP) is 5.94. The summed E-state index contributed by atoms with van der Waals surface area (Å²) in [5.74, 6) is -0.733. The second-order valence-corrected chi connectivity index (χ2v) is 10.4. The Balaban J connectivity index is 2.08. The third-order valence-electron chi connectivity index (χ3n) is 7.38. The molecule has 5 unspecified atom stereocenters. The Kier molecular flexibility index (Phi) is 6.92. The van der Waals surface area contributed by atoms with Crippen molar-refractivity contribution in [2.75, 3.05) is 19.7 Å². The summed E-state index contributed by atoms with van der Waals surface area (Å²) in [7, 11) is 0. The number of hydrogen-bond acceptors (Lipinski definition) is 5. The Morgan fingerprint density at radius 2 is 1.80 bits per heavy atom. The third-order valence-corrected chi connectivity index (χ3v) is 7.76. The van der Waals surface area contributed by atoms with Gasteiger partial charge in [0.05, 0.1) is 18.1 Å². The highest BCUT2D eigenvalue weighted by Crippen LogP contribution is 2.38. The van der Waals surface area contributed by atoms with E-state index in [-0.39, 0.29) is 41.3 Å². The molecule has 6 heteroatoms. The van der Waals surface area contributed by atoms with E-state index in [2.05, 4.69) is 28.8 Å². The maximum atomic E-state index is 11.6. The first kappa shape index (κ1) is 21.2. The fraction of sp³-hybridized carbons (Fsp3) is 0.552. The van der Waals surface area contributed by atoms with Crippen LogP contribution >= 0.6 is 11.6 Å². The lowest BCUT2D eigenvalue weighted by molar-refractivity contribution is -0.150. The first-order valence-electron chi connectivity index (χ1n) is 14.7. The molecule has 0 radical (unpaired) electrons. The van der Waals surface area contributed by atoms with E-state index in [1.165, 1.54) is 0 Å². The van der Waals surface area contributed by atoms with Crippen molar-refractivity contribution < 1.29 is 20.1 Å². The molecule has 35 heavy (non-hydrogen) atoms. The van der Waals surface area contributed by atoms with Crippen LogP contribution in [0.5, 0.6) is 0 Å². The molecule has 1 aliphatic heterocycles. The van der Waals surface area contributed by atoms with Crippen LogP contribution < -0.4 is 0 Å². The first-order valence-corrected chi connectivity index (χ1v) is 12.6. The normalized spacial score (nSPS) is 24.0. The van der Waals surface area contributed by atoms with Gasteiger partial charge >= 0.3 is 5.97 Å². The molecule has 1 heterocycles. The number of rotatable bonds is 8. The molecule has 1 N–H and O–H groups in total. The molecule has 5 nitrogen and oxygen atoms in total. The third kappa shape index (κ3) is 6.08. The van der Waals surface area contributed by atoms with Crippen LogP contribution in [0.2, 0.25) is 5.02 Å². The van der Waals surface area contributed by atoms with Crippen molar-refractivity contribution in [1.82, 2.24) is 9.80 Å². The Hall–Kier alpha value is -1.92. The zero-order valence-corrected chi connectivity index (χ0v) is 22.8. The van der Waals surface area contributed by atoms with Gasteiger partial charge in [-0.25, -0.2) is 4.79 Å². The minimum atomic E-state index is -0.828. The van der Waals surface area contributed by atoms with Crippen LogP contribution in [0.15, 0.2) is 30.2 Å². The van der Waals surface area contributed by atoms with E-state index >= 15 is 0 Å². The Morgan fingerprint density at radius 3 is 2.43 bits per heavy atom. The number of carbonyl (C=O) groups is 1.